The Labute approximate surface area is 159 Å². The van der Waals surface area contributed by atoms with Gasteiger partial charge in [-0.05, 0) is 33.1 Å². The van der Waals surface area contributed by atoms with E-state index in [1.54, 1.807) is 27.0 Å². The monoisotopic (exact) mass is 376 g/mol. The first-order valence-corrected chi connectivity index (χ1v) is 9.46. The minimum atomic E-state index is -0.958. The highest BCUT2D eigenvalue weighted by Gasteiger charge is 2.66. The van der Waals surface area contributed by atoms with Gasteiger partial charge in [-0.25, -0.2) is 9.59 Å². The molecular weight excluding hydrogens is 348 g/mol. The maximum atomic E-state index is 13.2. The molecule has 0 radical (unpaired) electrons. The first kappa shape index (κ1) is 19.8. The molecule has 0 N–H and O–H groups in total. The molecular formula is C21H28O6. The lowest BCUT2D eigenvalue weighted by Crippen LogP contribution is -2.50. The van der Waals surface area contributed by atoms with Crippen LogP contribution in [0.25, 0.3) is 0 Å². The molecule has 7 atom stereocenters. The highest BCUT2D eigenvalue weighted by molar-refractivity contribution is 5.94. The van der Waals surface area contributed by atoms with E-state index in [2.05, 4.69) is 6.58 Å². The van der Waals surface area contributed by atoms with E-state index in [9.17, 15) is 14.4 Å². The normalized spacial score (nSPS) is 41.7. The molecule has 0 aromatic rings. The standard InChI is InChI=1S/C21H28O6/c1-7-10(2)19(23)27-18-16-12(4)20(24)26-13(16)8-11(3)17-14(25-6)9-15(22)21(17,18)5/h7,11,13-14,16-18H,4,8-9H2,1-3,5-6H3/b10-7-/t11-,13-,14-,16-,17-,18+,21-/m1/s1. The van der Waals surface area contributed by atoms with Crippen molar-refractivity contribution in [3.63, 3.8) is 0 Å². The SMILES string of the molecule is C=C1C(=O)O[C@@H]2C[C@@H](C)[C@@H]3[C@H](OC)CC(=O)[C@@]3(C)[C@@H](OC(=O)/C(C)=C\C)[C@H]12. The Morgan fingerprint density at radius 3 is 2.63 bits per heavy atom. The number of hydrogen-bond donors (Lipinski definition) is 0. The summed E-state index contributed by atoms with van der Waals surface area (Å²) in [5.74, 6) is -1.56. The summed E-state index contributed by atoms with van der Waals surface area (Å²) in [4.78, 5) is 38.0. The second-order valence-corrected chi connectivity index (χ2v) is 8.22. The Kier molecular flexibility index (Phi) is 5.06. The topological polar surface area (TPSA) is 78.9 Å². The van der Waals surface area contributed by atoms with Gasteiger partial charge in [0.15, 0.2) is 0 Å². The molecule has 3 rings (SSSR count). The predicted molar refractivity (Wildman–Crippen MR) is 97.6 cm³/mol. The first-order valence-electron chi connectivity index (χ1n) is 9.46. The fraction of sp³-hybridized carbons (Fsp3) is 0.667. The second-order valence-electron chi connectivity index (χ2n) is 8.22. The van der Waals surface area contributed by atoms with Crippen LogP contribution in [0.1, 0.15) is 40.5 Å². The van der Waals surface area contributed by atoms with Gasteiger partial charge in [-0.1, -0.05) is 19.6 Å². The zero-order valence-electron chi connectivity index (χ0n) is 16.6. The van der Waals surface area contributed by atoms with Gasteiger partial charge in [0.05, 0.1) is 17.4 Å². The van der Waals surface area contributed by atoms with E-state index in [1.165, 1.54) is 0 Å². The van der Waals surface area contributed by atoms with E-state index in [-0.39, 0.29) is 35.7 Å². The summed E-state index contributed by atoms with van der Waals surface area (Å²) in [5.41, 5.74) is -0.229. The molecule has 6 heteroatoms. The van der Waals surface area contributed by atoms with Crippen molar-refractivity contribution in [2.24, 2.45) is 23.2 Å². The summed E-state index contributed by atoms with van der Waals surface area (Å²) in [6, 6.07) is 0. The lowest BCUT2D eigenvalue weighted by atomic mass is 9.67. The maximum absolute atomic E-state index is 13.2. The van der Waals surface area contributed by atoms with Crippen molar-refractivity contribution in [3.05, 3.63) is 23.8 Å². The molecule has 2 saturated carbocycles. The van der Waals surface area contributed by atoms with Crippen LogP contribution >= 0.6 is 0 Å². The van der Waals surface area contributed by atoms with E-state index in [4.69, 9.17) is 14.2 Å². The van der Waals surface area contributed by atoms with E-state index >= 15 is 0 Å². The third-order valence-corrected chi connectivity index (χ3v) is 6.83. The number of fused-ring (bicyclic) bond motifs is 2. The predicted octanol–water partition coefficient (Wildman–Crippen LogP) is 2.61. The largest absolute Gasteiger partial charge is 0.458 e. The van der Waals surface area contributed by atoms with Gasteiger partial charge in [-0.2, -0.15) is 0 Å². The lowest BCUT2D eigenvalue weighted by Gasteiger charge is -2.40. The van der Waals surface area contributed by atoms with Crippen LogP contribution in [-0.2, 0) is 28.6 Å². The first-order chi connectivity index (χ1) is 12.7. The molecule has 1 saturated heterocycles. The third-order valence-electron chi connectivity index (χ3n) is 6.83. The van der Waals surface area contributed by atoms with E-state index in [0.717, 1.165) is 0 Å². The molecule has 1 heterocycles. The number of Topliss-reactive ketones (excluding diaryl/α,β-unsaturated/α-hetero) is 1. The molecule has 0 aromatic heterocycles. The van der Waals surface area contributed by atoms with Crippen LogP contribution in [0.3, 0.4) is 0 Å². The molecule has 1 aliphatic heterocycles. The number of rotatable bonds is 3. The lowest BCUT2D eigenvalue weighted by molar-refractivity contribution is -0.162. The second kappa shape index (κ2) is 6.89. The molecule has 0 aromatic carbocycles. The van der Waals surface area contributed by atoms with Crippen molar-refractivity contribution in [2.75, 3.05) is 7.11 Å². The maximum Gasteiger partial charge on any atom is 0.334 e. The molecule has 27 heavy (non-hydrogen) atoms. The summed E-state index contributed by atoms with van der Waals surface area (Å²) >= 11 is 0. The van der Waals surface area contributed by atoms with Gasteiger partial charge in [-0.15, -0.1) is 0 Å². The summed E-state index contributed by atoms with van der Waals surface area (Å²) < 4.78 is 17.1. The number of hydrogen-bond acceptors (Lipinski definition) is 6. The van der Waals surface area contributed by atoms with Crippen molar-refractivity contribution in [1.82, 2.24) is 0 Å². The minimum Gasteiger partial charge on any atom is -0.458 e. The molecule has 6 nitrogen and oxygen atoms in total. The van der Waals surface area contributed by atoms with Gasteiger partial charge < -0.3 is 14.2 Å². The van der Waals surface area contributed by atoms with Crippen LogP contribution in [0.4, 0.5) is 0 Å². The molecule has 0 spiro atoms. The van der Waals surface area contributed by atoms with Gasteiger partial charge >= 0.3 is 11.9 Å². The third kappa shape index (κ3) is 2.85. The average Bonchev–Trinajstić information content (AvgIpc) is 3.02. The Morgan fingerprint density at radius 1 is 1.37 bits per heavy atom. The van der Waals surface area contributed by atoms with Gasteiger partial charge in [0.25, 0.3) is 0 Å². The van der Waals surface area contributed by atoms with Crippen LogP contribution < -0.4 is 0 Å². The Morgan fingerprint density at radius 2 is 2.04 bits per heavy atom. The zero-order valence-corrected chi connectivity index (χ0v) is 16.6. The van der Waals surface area contributed by atoms with Crippen LogP contribution in [0.15, 0.2) is 23.8 Å². The summed E-state index contributed by atoms with van der Waals surface area (Å²) in [5, 5.41) is 0. The van der Waals surface area contributed by atoms with Crippen LogP contribution in [-0.4, -0.2) is 43.1 Å². The van der Waals surface area contributed by atoms with E-state index in [1.807, 2.05) is 13.8 Å². The number of ketones is 1. The zero-order chi connectivity index (χ0) is 20.1. The fourth-order valence-electron chi connectivity index (χ4n) is 5.26. The van der Waals surface area contributed by atoms with Crippen LogP contribution in [0, 0.1) is 23.2 Å². The highest BCUT2D eigenvalue weighted by atomic mass is 16.6. The molecule has 0 amide bonds. The van der Waals surface area contributed by atoms with Gasteiger partial charge in [0, 0.05) is 30.6 Å². The number of ether oxygens (including phenoxy) is 3. The van der Waals surface area contributed by atoms with E-state index < -0.39 is 35.5 Å². The van der Waals surface area contributed by atoms with Crippen molar-refractivity contribution >= 4 is 17.7 Å². The number of allylic oxidation sites excluding steroid dienone is 1. The number of carbonyl (C=O) groups is 3. The number of esters is 2. The van der Waals surface area contributed by atoms with Crippen molar-refractivity contribution in [2.45, 2.75) is 58.8 Å². The molecule has 3 fully saturated rings. The smallest absolute Gasteiger partial charge is 0.334 e. The van der Waals surface area contributed by atoms with E-state index in [0.29, 0.717) is 12.0 Å². The molecule has 0 bridgehead atoms. The highest BCUT2D eigenvalue weighted by Crippen LogP contribution is 2.57. The van der Waals surface area contributed by atoms with Gasteiger partial charge in [0.2, 0.25) is 0 Å². The van der Waals surface area contributed by atoms with Gasteiger partial charge in [0.1, 0.15) is 18.0 Å². The number of methoxy groups -OCH3 is 1. The Bertz CT molecular complexity index is 722. The molecule has 2 aliphatic carbocycles. The quantitative estimate of drug-likeness (QED) is 0.556. The molecule has 3 aliphatic rings. The fourth-order valence-corrected chi connectivity index (χ4v) is 5.26. The Balaban J connectivity index is 2.12. The van der Waals surface area contributed by atoms with Crippen LogP contribution in [0.5, 0.6) is 0 Å². The number of carbonyl (C=O) groups excluding carboxylic acids is 3. The van der Waals surface area contributed by atoms with Crippen molar-refractivity contribution in [1.29, 1.82) is 0 Å². The molecule has 148 valence electrons. The molecule has 0 unspecified atom stereocenters. The average molecular weight is 376 g/mol. The van der Waals surface area contributed by atoms with Crippen molar-refractivity contribution in [3.8, 4) is 0 Å². The summed E-state index contributed by atoms with van der Waals surface area (Å²) in [7, 11) is 1.60. The summed E-state index contributed by atoms with van der Waals surface area (Å²) in [6.45, 7) is 11.2. The van der Waals surface area contributed by atoms with Crippen molar-refractivity contribution < 1.29 is 28.6 Å². The Hall–Kier alpha value is -1.95. The van der Waals surface area contributed by atoms with Gasteiger partial charge in [-0.3, -0.25) is 4.79 Å². The van der Waals surface area contributed by atoms with Crippen LogP contribution in [0.2, 0.25) is 0 Å². The minimum absolute atomic E-state index is 0.00469. The summed E-state index contributed by atoms with van der Waals surface area (Å²) in [6.07, 6.45) is 1.02.